The molecule has 7 nitrogen and oxygen atoms in total. The molecule has 2 aliphatic rings. The van der Waals surface area contributed by atoms with Gasteiger partial charge >= 0.3 is 0 Å². The molecule has 2 heterocycles. The topological polar surface area (TPSA) is 80.5 Å². The number of methoxy groups -OCH3 is 1. The molecule has 1 aromatic carbocycles. The van der Waals surface area contributed by atoms with E-state index in [4.69, 9.17) is 9.26 Å². The number of carbonyl (C=O) groups excluding carboxylic acids is 1. The summed E-state index contributed by atoms with van der Waals surface area (Å²) in [5.74, 6) is 3.10. The molecule has 164 valence electrons. The fraction of sp³-hybridized carbons (Fsp3) is 0.591. The van der Waals surface area contributed by atoms with Crippen molar-refractivity contribution >= 4 is 18.3 Å². The van der Waals surface area contributed by atoms with Gasteiger partial charge in [0.05, 0.1) is 13.7 Å². The third kappa shape index (κ3) is 4.95. The molecule has 4 rings (SSSR count). The number of aromatic nitrogens is 2. The van der Waals surface area contributed by atoms with E-state index in [1.54, 1.807) is 12.0 Å². The number of amides is 1. The van der Waals surface area contributed by atoms with Gasteiger partial charge in [-0.25, -0.2) is 0 Å². The van der Waals surface area contributed by atoms with E-state index in [1.807, 2.05) is 25.1 Å². The van der Waals surface area contributed by atoms with Crippen molar-refractivity contribution in [3.63, 3.8) is 0 Å². The Morgan fingerprint density at radius 2 is 2.17 bits per heavy atom. The maximum absolute atomic E-state index is 13.2. The maximum atomic E-state index is 13.2. The highest BCUT2D eigenvalue weighted by atomic mass is 35.5. The summed E-state index contributed by atoms with van der Waals surface area (Å²) in [4.78, 5) is 19.4. The van der Waals surface area contributed by atoms with E-state index < -0.39 is 0 Å². The van der Waals surface area contributed by atoms with Gasteiger partial charge in [-0.05, 0) is 75.4 Å². The molecule has 0 radical (unpaired) electrons. The fourth-order valence-electron chi connectivity index (χ4n) is 4.10. The number of hydrogen-bond donors (Lipinski definition) is 1. The summed E-state index contributed by atoms with van der Waals surface area (Å²) in [6.45, 7) is 4.99. The van der Waals surface area contributed by atoms with Crippen LogP contribution in [0.5, 0.6) is 5.75 Å². The second-order valence-electron chi connectivity index (χ2n) is 8.09. The molecule has 1 aliphatic carbocycles. The third-order valence-corrected chi connectivity index (χ3v) is 6.14. The van der Waals surface area contributed by atoms with Crippen molar-refractivity contribution < 1.29 is 14.1 Å². The molecule has 1 saturated carbocycles. The van der Waals surface area contributed by atoms with Crippen LogP contribution in [0.1, 0.15) is 66.2 Å². The lowest BCUT2D eigenvalue weighted by molar-refractivity contribution is 0.0747. The van der Waals surface area contributed by atoms with Crippen molar-refractivity contribution in [2.24, 2.45) is 5.92 Å². The van der Waals surface area contributed by atoms with Crippen LogP contribution < -0.4 is 10.1 Å². The second kappa shape index (κ2) is 10.3. The average molecular weight is 435 g/mol. The first-order chi connectivity index (χ1) is 14.2. The maximum Gasteiger partial charge on any atom is 0.254 e. The van der Waals surface area contributed by atoms with Crippen molar-refractivity contribution in [1.82, 2.24) is 20.4 Å². The Kier molecular flexibility index (Phi) is 7.72. The Labute approximate surface area is 184 Å². The van der Waals surface area contributed by atoms with E-state index in [2.05, 4.69) is 15.5 Å². The van der Waals surface area contributed by atoms with Crippen molar-refractivity contribution in [3.8, 4) is 5.75 Å². The SMILES string of the molecule is CCN(Cc1noc(C2CCC2)n1)C(=O)c1ccc(OC)c(CC2CCNC2)c1.Cl. The molecular weight excluding hydrogens is 404 g/mol. The minimum absolute atomic E-state index is 0. The molecule has 1 atom stereocenters. The number of carbonyl (C=O) groups is 1. The highest BCUT2D eigenvalue weighted by Gasteiger charge is 2.26. The van der Waals surface area contributed by atoms with E-state index in [0.717, 1.165) is 50.1 Å². The highest BCUT2D eigenvalue weighted by molar-refractivity contribution is 5.94. The van der Waals surface area contributed by atoms with Gasteiger partial charge < -0.3 is 19.5 Å². The minimum atomic E-state index is -0.0176. The number of halogens is 1. The van der Waals surface area contributed by atoms with Gasteiger partial charge in [0.25, 0.3) is 5.91 Å². The molecule has 8 heteroatoms. The molecule has 0 bridgehead atoms. The number of rotatable bonds is 8. The molecule has 1 N–H and O–H groups in total. The molecule has 1 amide bonds. The fourth-order valence-corrected chi connectivity index (χ4v) is 4.10. The highest BCUT2D eigenvalue weighted by Crippen LogP contribution is 2.35. The number of benzene rings is 1. The summed E-state index contributed by atoms with van der Waals surface area (Å²) in [5, 5.41) is 7.49. The van der Waals surface area contributed by atoms with Crippen molar-refractivity contribution in [1.29, 1.82) is 0 Å². The zero-order valence-corrected chi connectivity index (χ0v) is 18.5. The summed E-state index contributed by atoms with van der Waals surface area (Å²) < 4.78 is 10.9. The molecule has 1 aliphatic heterocycles. The lowest BCUT2D eigenvalue weighted by Gasteiger charge is -2.21. The van der Waals surface area contributed by atoms with Crippen LogP contribution in [0.15, 0.2) is 22.7 Å². The van der Waals surface area contributed by atoms with Crippen LogP contribution in [0.3, 0.4) is 0 Å². The summed E-state index contributed by atoms with van der Waals surface area (Å²) in [7, 11) is 1.68. The average Bonchev–Trinajstić information content (AvgIpc) is 3.36. The summed E-state index contributed by atoms with van der Waals surface area (Å²) >= 11 is 0. The molecular formula is C22H31ClN4O3. The Bertz CT molecular complexity index is 847. The molecule has 2 fully saturated rings. The van der Waals surface area contributed by atoms with Crippen molar-refractivity contribution in [2.45, 2.75) is 51.5 Å². The normalized spacial score (nSPS) is 18.5. The van der Waals surface area contributed by atoms with Crippen LogP contribution in [0.25, 0.3) is 0 Å². The van der Waals surface area contributed by atoms with Gasteiger partial charge in [0.2, 0.25) is 5.89 Å². The predicted molar refractivity (Wildman–Crippen MR) is 116 cm³/mol. The number of nitrogens with zero attached hydrogens (tertiary/aromatic N) is 3. The summed E-state index contributed by atoms with van der Waals surface area (Å²) in [5.41, 5.74) is 1.77. The zero-order valence-electron chi connectivity index (χ0n) is 17.7. The van der Waals surface area contributed by atoms with E-state index in [9.17, 15) is 4.79 Å². The number of ether oxygens (including phenoxy) is 1. The minimum Gasteiger partial charge on any atom is -0.496 e. The van der Waals surface area contributed by atoms with Crippen LogP contribution in [0.2, 0.25) is 0 Å². The smallest absolute Gasteiger partial charge is 0.254 e. The first kappa shape index (κ1) is 22.6. The molecule has 0 spiro atoms. The van der Waals surface area contributed by atoms with E-state index in [1.165, 1.54) is 6.42 Å². The van der Waals surface area contributed by atoms with E-state index >= 15 is 0 Å². The molecule has 1 saturated heterocycles. The first-order valence-corrected chi connectivity index (χ1v) is 10.7. The first-order valence-electron chi connectivity index (χ1n) is 10.7. The lowest BCUT2D eigenvalue weighted by atomic mass is 9.85. The molecule has 2 aromatic rings. The molecule has 1 unspecified atom stereocenters. The Morgan fingerprint density at radius 1 is 1.33 bits per heavy atom. The Balaban J connectivity index is 0.00000256. The standard InChI is InChI=1S/C22H30N4O3.ClH/c1-3-26(14-20-24-21(29-25-20)16-5-4-6-16)22(27)17-7-8-19(28-2)18(12-17)11-15-9-10-23-13-15;/h7-8,12,15-16,23H,3-6,9-11,13-14H2,1-2H3;1H. The van der Waals surface area contributed by atoms with Crippen LogP contribution in [0, 0.1) is 5.92 Å². The Morgan fingerprint density at radius 3 is 2.80 bits per heavy atom. The van der Waals surface area contributed by atoms with Gasteiger partial charge in [-0.3, -0.25) is 4.79 Å². The van der Waals surface area contributed by atoms with E-state index in [0.29, 0.717) is 42.2 Å². The van der Waals surface area contributed by atoms with Gasteiger partial charge in [-0.15, -0.1) is 12.4 Å². The summed E-state index contributed by atoms with van der Waals surface area (Å²) in [6.07, 6.45) is 5.52. The number of nitrogens with one attached hydrogen (secondary N) is 1. The van der Waals surface area contributed by atoms with Gasteiger partial charge in [0, 0.05) is 18.0 Å². The lowest BCUT2D eigenvalue weighted by Crippen LogP contribution is -2.31. The van der Waals surface area contributed by atoms with Gasteiger partial charge in [0.15, 0.2) is 5.82 Å². The molecule has 30 heavy (non-hydrogen) atoms. The van der Waals surface area contributed by atoms with Crippen LogP contribution >= 0.6 is 12.4 Å². The largest absolute Gasteiger partial charge is 0.496 e. The monoisotopic (exact) mass is 434 g/mol. The zero-order chi connectivity index (χ0) is 20.2. The third-order valence-electron chi connectivity index (χ3n) is 6.14. The predicted octanol–water partition coefficient (Wildman–Crippen LogP) is 3.58. The van der Waals surface area contributed by atoms with Crippen LogP contribution in [-0.2, 0) is 13.0 Å². The van der Waals surface area contributed by atoms with Crippen molar-refractivity contribution in [3.05, 3.63) is 41.0 Å². The van der Waals surface area contributed by atoms with Crippen LogP contribution in [0.4, 0.5) is 0 Å². The van der Waals surface area contributed by atoms with Gasteiger partial charge in [0.1, 0.15) is 5.75 Å². The number of hydrogen-bond acceptors (Lipinski definition) is 6. The second-order valence-corrected chi connectivity index (χ2v) is 8.09. The Hall–Kier alpha value is -2.12. The quantitative estimate of drug-likeness (QED) is 0.683. The molecule has 1 aromatic heterocycles. The van der Waals surface area contributed by atoms with Crippen LogP contribution in [-0.4, -0.2) is 47.7 Å². The van der Waals surface area contributed by atoms with Crippen molar-refractivity contribution in [2.75, 3.05) is 26.7 Å². The summed E-state index contributed by atoms with van der Waals surface area (Å²) in [6, 6.07) is 5.73. The van der Waals surface area contributed by atoms with Gasteiger partial charge in [-0.2, -0.15) is 4.98 Å². The van der Waals surface area contributed by atoms with E-state index in [-0.39, 0.29) is 18.3 Å². The van der Waals surface area contributed by atoms with Gasteiger partial charge in [-0.1, -0.05) is 11.6 Å².